The van der Waals surface area contributed by atoms with Gasteiger partial charge >= 0.3 is 0 Å². The molecule has 0 aromatic heterocycles. The minimum atomic E-state index is 0.456. The third-order valence-corrected chi connectivity index (χ3v) is 6.36. The van der Waals surface area contributed by atoms with E-state index < -0.39 is 0 Å². The van der Waals surface area contributed by atoms with Crippen LogP contribution >= 0.6 is 0 Å². The normalized spacial score (nSPS) is 51.5. The van der Waals surface area contributed by atoms with Crippen molar-refractivity contribution in [3.63, 3.8) is 0 Å². The first kappa shape index (κ1) is 12.0. The van der Waals surface area contributed by atoms with Crippen molar-refractivity contribution in [2.45, 2.75) is 71.8 Å². The van der Waals surface area contributed by atoms with Gasteiger partial charge in [-0.1, -0.05) is 27.2 Å². The van der Waals surface area contributed by atoms with Crippen LogP contribution in [0.25, 0.3) is 0 Å². The molecule has 4 fully saturated rings. The summed E-state index contributed by atoms with van der Waals surface area (Å²) in [5.41, 5.74) is 7.86. The Labute approximate surface area is 107 Å². The molecule has 0 aromatic carbocycles. The van der Waals surface area contributed by atoms with Crippen molar-refractivity contribution in [3.05, 3.63) is 0 Å². The monoisotopic (exact) mass is 235 g/mol. The van der Waals surface area contributed by atoms with Gasteiger partial charge in [-0.2, -0.15) is 0 Å². The van der Waals surface area contributed by atoms with E-state index in [4.69, 9.17) is 5.73 Å². The fourth-order valence-electron chi connectivity index (χ4n) is 6.05. The van der Waals surface area contributed by atoms with Crippen LogP contribution in [-0.2, 0) is 0 Å². The second-order valence-corrected chi connectivity index (χ2v) is 8.05. The molecule has 0 amide bonds. The molecule has 4 unspecified atom stereocenters. The number of hydrogen-bond acceptors (Lipinski definition) is 1. The van der Waals surface area contributed by atoms with Gasteiger partial charge in [0.2, 0.25) is 0 Å². The Morgan fingerprint density at radius 2 is 1.76 bits per heavy atom. The number of nitrogens with two attached hydrogens (primary N) is 1. The average Bonchev–Trinajstić information content (AvgIpc) is 2.23. The summed E-state index contributed by atoms with van der Waals surface area (Å²) in [7, 11) is 0. The third-order valence-electron chi connectivity index (χ3n) is 6.36. The highest BCUT2D eigenvalue weighted by Crippen LogP contribution is 2.66. The first-order valence-corrected chi connectivity index (χ1v) is 7.72. The van der Waals surface area contributed by atoms with Crippen molar-refractivity contribution in [3.8, 4) is 0 Å². The molecule has 0 aliphatic heterocycles. The minimum Gasteiger partial charge on any atom is -0.327 e. The Bertz CT molecular complexity index is 295. The Morgan fingerprint density at radius 3 is 2.24 bits per heavy atom. The van der Waals surface area contributed by atoms with E-state index in [0.29, 0.717) is 22.8 Å². The molecule has 0 heterocycles. The molecule has 4 aliphatic rings. The second kappa shape index (κ2) is 3.73. The van der Waals surface area contributed by atoms with Crippen molar-refractivity contribution >= 4 is 0 Å². The lowest BCUT2D eigenvalue weighted by atomic mass is 9.42. The van der Waals surface area contributed by atoms with Gasteiger partial charge in [0.1, 0.15) is 0 Å². The van der Waals surface area contributed by atoms with E-state index in [1.54, 1.807) is 0 Å². The van der Waals surface area contributed by atoms with Crippen molar-refractivity contribution in [2.75, 3.05) is 0 Å². The lowest BCUT2D eigenvalue weighted by Gasteiger charge is -2.63. The smallest absolute Gasteiger partial charge is 0.0122 e. The molecule has 4 saturated carbocycles. The van der Waals surface area contributed by atoms with E-state index in [1.165, 1.54) is 44.9 Å². The van der Waals surface area contributed by atoms with Crippen molar-refractivity contribution in [1.29, 1.82) is 0 Å². The molecule has 0 saturated heterocycles. The van der Waals surface area contributed by atoms with Crippen LogP contribution in [0, 0.1) is 28.6 Å². The zero-order chi connectivity index (χ0) is 12.3. The van der Waals surface area contributed by atoms with E-state index in [2.05, 4.69) is 20.8 Å². The Morgan fingerprint density at radius 1 is 1.18 bits per heavy atom. The summed E-state index contributed by atoms with van der Waals surface area (Å²) in [6.07, 6.45) is 10.1. The summed E-state index contributed by atoms with van der Waals surface area (Å²) in [5.74, 6) is 2.72. The summed E-state index contributed by atoms with van der Waals surface area (Å²) >= 11 is 0. The first-order chi connectivity index (χ1) is 7.96. The van der Waals surface area contributed by atoms with Crippen LogP contribution < -0.4 is 5.73 Å². The van der Waals surface area contributed by atoms with Gasteiger partial charge in [-0.15, -0.1) is 0 Å². The zero-order valence-corrected chi connectivity index (χ0v) is 11.8. The summed E-state index contributed by atoms with van der Waals surface area (Å²) in [4.78, 5) is 0. The molecular formula is C16H29N. The third kappa shape index (κ3) is 1.77. The lowest BCUT2D eigenvalue weighted by Crippen LogP contribution is -2.59. The zero-order valence-electron chi connectivity index (χ0n) is 11.8. The highest BCUT2D eigenvalue weighted by molar-refractivity contribution is 5.09. The maximum absolute atomic E-state index is 6.69. The van der Waals surface area contributed by atoms with Gasteiger partial charge in [0.25, 0.3) is 0 Å². The standard InChI is InChI=1S/C16H29N/c1-4-11(2)14(17)16-8-12-5-13(9-16)7-15(3,6-12)10-16/h11-14H,4-10,17H2,1-3H3. The van der Waals surface area contributed by atoms with Crippen LogP contribution in [0.15, 0.2) is 0 Å². The molecule has 17 heavy (non-hydrogen) atoms. The van der Waals surface area contributed by atoms with Crippen LogP contribution in [0.1, 0.15) is 65.7 Å². The molecule has 1 heteroatoms. The Hall–Kier alpha value is -0.0400. The molecule has 4 atom stereocenters. The molecule has 2 N–H and O–H groups in total. The maximum atomic E-state index is 6.69. The molecule has 4 rings (SSSR count). The summed E-state index contributed by atoms with van der Waals surface area (Å²) in [5, 5.41) is 0. The SMILES string of the molecule is CCC(C)C(N)C12CC3CC(CC(C)(C3)C1)C2. The predicted octanol–water partition coefficient (Wildman–Crippen LogP) is 3.97. The second-order valence-electron chi connectivity index (χ2n) is 8.05. The molecule has 98 valence electrons. The van der Waals surface area contributed by atoms with Crippen molar-refractivity contribution < 1.29 is 0 Å². The van der Waals surface area contributed by atoms with Gasteiger partial charge in [-0.05, 0) is 67.1 Å². The average molecular weight is 235 g/mol. The highest BCUT2D eigenvalue weighted by Gasteiger charge is 2.58. The summed E-state index contributed by atoms with van der Waals surface area (Å²) in [6.45, 7) is 7.21. The fraction of sp³-hybridized carbons (Fsp3) is 1.00. The number of rotatable bonds is 3. The van der Waals surface area contributed by atoms with E-state index in [0.717, 1.165) is 11.8 Å². The van der Waals surface area contributed by atoms with E-state index in [-0.39, 0.29) is 0 Å². The molecule has 4 aliphatic carbocycles. The van der Waals surface area contributed by atoms with E-state index in [9.17, 15) is 0 Å². The first-order valence-electron chi connectivity index (χ1n) is 7.72. The largest absolute Gasteiger partial charge is 0.327 e. The molecule has 0 spiro atoms. The van der Waals surface area contributed by atoms with Crippen LogP contribution in [-0.4, -0.2) is 6.04 Å². The Kier molecular flexibility index (Phi) is 2.63. The summed E-state index contributed by atoms with van der Waals surface area (Å²) in [6, 6.07) is 0.456. The van der Waals surface area contributed by atoms with Gasteiger partial charge in [-0.3, -0.25) is 0 Å². The quantitative estimate of drug-likeness (QED) is 0.787. The van der Waals surface area contributed by atoms with Gasteiger partial charge in [0.05, 0.1) is 0 Å². The van der Waals surface area contributed by atoms with Crippen molar-refractivity contribution in [1.82, 2.24) is 0 Å². The molecular weight excluding hydrogens is 206 g/mol. The number of hydrogen-bond donors (Lipinski definition) is 1. The maximum Gasteiger partial charge on any atom is 0.0122 e. The van der Waals surface area contributed by atoms with Gasteiger partial charge < -0.3 is 5.73 Å². The van der Waals surface area contributed by atoms with Crippen LogP contribution in [0.3, 0.4) is 0 Å². The highest BCUT2D eigenvalue weighted by atomic mass is 14.8. The van der Waals surface area contributed by atoms with E-state index >= 15 is 0 Å². The van der Waals surface area contributed by atoms with Crippen LogP contribution in [0.4, 0.5) is 0 Å². The lowest BCUT2D eigenvalue weighted by molar-refractivity contribution is -0.119. The minimum absolute atomic E-state index is 0.456. The van der Waals surface area contributed by atoms with Gasteiger partial charge in [0.15, 0.2) is 0 Å². The molecule has 4 bridgehead atoms. The fourth-order valence-corrected chi connectivity index (χ4v) is 6.05. The van der Waals surface area contributed by atoms with Crippen LogP contribution in [0.5, 0.6) is 0 Å². The Balaban J connectivity index is 1.88. The van der Waals surface area contributed by atoms with Gasteiger partial charge in [-0.25, -0.2) is 0 Å². The predicted molar refractivity (Wildman–Crippen MR) is 72.7 cm³/mol. The topological polar surface area (TPSA) is 26.0 Å². The van der Waals surface area contributed by atoms with E-state index in [1.807, 2.05) is 0 Å². The van der Waals surface area contributed by atoms with Crippen LogP contribution in [0.2, 0.25) is 0 Å². The van der Waals surface area contributed by atoms with Crippen molar-refractivity contribution in [2.24, 2.45) is 34.3 Å². The summed E-state index contributed by atoms with van der Waals surface area (Å²) < 4.78 is 0. The molecule has 0 radical (unpaired) electrons. The van der Waals surface area contributed by atoms with Gasteiger partial charge in [0, 0.05) is 6.04 Å². The molecule has 1 nitrogen and oxygen atoms in total. The molecule has 0 aromatic rings.